The fourth-order valence-electron chi connectivity index (χ4n) is 3.42. The third-order valence-electron chi connectivity index (χ3n) is 5.06. The molecular formula is C21H28N4O3. The summed E-state index contributed by atoms with van der Waals surface area (Å²) in [7, 11) is 3.20. The average molecular weight is 384 g/mol. The van der Waals surface area contributed by atoms with Crippen LogP contribution in [0.25, 0.3) is 0 Å². The third kappa shape index (κ3) is 4.85. The number of ether oxygens (including phenoxy) is 2. The molecule has 7 nitrogen and oxygen atoms in total. The van der Waals surface area contributed by atoms with E-state index in [1.165, 1.54) is 0 Å². The van der Waals surface area contributed by atoms with Crippen molar-refractivity contribution in [1.82, 2.24) is 15.6 Å². The van der Waals surface area contributed by atoms with Gasteiger partial charge in [0.05, 0.1) is 20.3 Å². The molecule has 1 aromatic heterocycles. The van der Waals surface area contributed by atoms with E-state index >= 15 is 0 Å². The quantitative estimate of drug-likeness (QED) is 0.800. The number of carbonyl (C=O) groups is 1. The first-order valence-electron chi connectivity index (χ1n) is 9.55. The molecule has 1 saturated heterocycles. The van der Waals surface area contributed by atoms with Gasteiger partial charge in [0.25, 0.3) is 0 Å². The summed E-state index contributed by atoms with van der Waals surface area (Å²) in [4.78, 5) is 19.1. The Bertz CT molecular complexity index is 776. The molecule has 150 valence electrons. The molecule has 0 spiro atoms. The molecule has 2 heterocycles. The van der Waals surface area contributed by atoms with Crippen molar-refractivity contribution in [2.75, 3.05) is 32.2 Å². The number of piperidine rings is 1. The summed E-state index contributed by atoms with van der Waals surface area (Å²) in [6, 6.07) is 11.5. The van der Waals surface area contributed by atoms with Gasteiger partial charge in [0, 0.05) is 25.3 Å². The van der Waals surface area contributed by atoms with E-state index in [9.17, 15) is 4.79 Å². The van der Waals surface area contributed by atoms with Crippen molar-refractivity contribution in [2.45, 2.75) is 31.8 Å². The van der Waals surface area contributed by atoms with Crippen LogP contribution in [0.1, 0.15) is 31.4 Å². The van der Waals surface area contributed by atoms with Gasteiger partial charge >= 0.3 is 6.03 Å². The number of benzene rings is 1. The van der Waals surface area contributed by atoms with Gasteiger partial charge in [-0.2, -0.15) is 0 Å². The van der Waals surface area contributed by atoms with E-state index in [4.69, 9.17) is 9.47 Å². The number of nitrogens with one attached hydrogen (secondary N) is 2. The van der Waals surface area contributed by atoms with E-state index in [1.54, 1.807) is 14.2 Å². The summed E-state index contributed by atoms with van der Waals surface area (Å²) >= 11 is 0. The average Bonchev–Trinajstić information content (AvgIpc) is 2.74. The lowest BCUT2D eigenvalue weighted by Gasteiger charge is -2.33. The lowest BCUT2D eigenvalue weighted by atomic mass is 10.0. The highest BCUT2D eigenvalue weighted by atomic mass is 16.5. The molecule has 1 fully saturated rings. The SMILES string of the molecule is COc1ccc(C(C)NC(=O)NC2CCN(c3ccccn3)CC2)cc1OC. The number of pyridine rings is 1. The Morgan fingerprint density at radius 2 is 1.89 bits per heavy atom. The van der Waals surface area contributed by atoms with Gasteiger partial charge in [-0.3, -0.25) is 0 Å². The molecule has 1 unspecified atom stereocenters. The summed E-state index contributed by atoms with van der Waals surface area (Å²) in [6.45, 7) is 3.71. The van der Waals surface area contributed by atoms with Crippen molar-refractivity contribution >= 4 is 11.8 Å². The molecule has 28 heavy (non-hydrogen) atoms. The van der Waals surface area contributed by atoms with Gasteiger partial charge in [-0.1, -0.05) is 12.1 Å². The lowest BCUT2D eigenvalue weighted by Crippen LogP contribution is -2.48. The summed E-state index contributed by atoms with van der Waals surface area (Å²) < 4.78 is 10.6. The largest absolute Gasteiger partial charge is 0.493 e. The molecule has 1 aliphatic rings. The molecule has 2 amide bonds. The molecule has 0 radical (unpaired) electrons. The topological polar surface area (TPSA) is 75.7 Å². The normalized spacial score (nSPS) is 15.6. The molecule has 2 aromatic rings. The number of amides is 2. The van der Waals surface area contributed by atoms with Crippen LogP contribution in [-0.2, 0) is 0 Å². The van der Waals surface area contributed by atoms with Crippen LogP contribution in [0.15, 0.2) is 42.6 Å². The van der Waals surface area contributed by atoms with Crippen LogP contribution in [0, 0.1) is 0 Å². The molecule has 1 atom stereocenters. The number of methoxy groups -OCH3 is 2. The van der Waals surface area contributed by atoms with Gasteiger partial charge in [0.2, 0.25) is 0 Å². The molecular weight excluding hydrogens is 356 g/mol. The zero-order chi connectivity index (χ0) is 19.9. The van der Waals surface area contributed by atoms with Gasteiger partial charge in [0.1, 0.15) is 5.82 Å². The standard InChI is InChI=1S/C21H28N4O3/c1-15(16-7-8-18(27-2)19(14-16)28-3)23-21(26)24-17-9-12-25(13-10-17)20-6-4-5-11-22-20/h4-8,11,14-15,17H,9-10,12-13H2,1-3H3,(H2,23,24,26). The van der Waals surface area contributed by atoms with E-state index in [0.29, 0.717) is 11.5 Å². The second-order valence-electron chi connectivity index (χ2n) is 6.90. The molecule has 3 rings (SSSR count). The monoisotopic (exact) mass is 384 g/mol. The van der Waals surface area contributed by atoms with Crippen molar-refractivity contribution in [3.8, 4) is 11.5 Å². The molecule has 1 aromatic carbocycles. The first-order valence-corrected chi connectivity index (χ1v) is 9.55. The van der Waals surface area contributed by atoms with Crippen LogP contribution in [-0.4, -0.2) is 44.4 Å². The Morgan fingerprint density at radius 3 is 2.54 bits per heavy atom. The predicted molar refractivity (Wildman–Crippen MR) is 109 cm³/mol. The van der Waals surface area contributed by atoms with Crippen LogP contribution in [0.5, 0.6) is 11.5 Å². The number of nitrogens with zero attached hydrogens (tertiary/aromatic N) is 2. The fourth-order valence-corrected chi connectivity index (χ4v) is 3.42. The molecule has 0 aliphatic carbocycles. The maximum atomic E-state index is 12.4. The Labute approximate surface area is 166 Å². The van der Waals surface area contributed by atoms with Crippen molar-refractivity contribution in [3.63, 3.8) is 0 Å². The zero-order valence-corrected chi connectivity index (χ0v) is 16.6. The third-order valence-corrected chi connectivity index (χ3v) is 5.06. The smallest absolute Gasteiger partial charge is 0.315 e. The number of anilines is 1. The van der Waals surface area contributed by atoms with Crippen LogP contribution in [0.3, 0.4) is 0 Å². The fraction of sp³-hybridized carbons (Fsp3) is 0.429. The number of hydrogen-bond acceptors (Lipinski definition) is 5. The first-order chi connectivity index (χ1) is 13.6. The van der Waals surface area contributed by atoms with Gasteiger partial charge in [-0.25, -0.2) is 9.78 Å². The minimum Gasteiger partial charge on any atom is -0.493 e. The Morgan fingerprint density at radius 1 is 1.14 bits per heavy atom. The van der Waals surface area contributed by atoms with E-state index in [0.717, 1.165) is 37.3 Å². The van der Waals surface area contributed by atoms with Gasteiger partial charge in [-0.15, -0.1) is 0 Å². The number of rotatable bonds is 6. The summed E-state index contributed by atoms with van der Waals surface area (Å²) in [5, 5.41) is 6.09. The molecule has 0 saturated carbocycles. The van der Waals surface area contributed by atoms with Crippen LogP contribution >= 0.6 is 0 Å². The van der Waals surface area contributed by atoms with Gasteiger partial charge < -0.3 is 25.0 Å². The number of aromatic nitrogens is 1. The minimum absolute atomic E-state index is 0.145. The second kappa shape index (κ2) is 9.30. The highest BCUT2D eigenvalue weighted by molar-refractivity contribution is 5.74. The van der Waals surface area contributed by atoms with Crippen LogP contribution < -0.4 is 25.0 Å². The maximum absolute atomic E-state index is 12.4. The number of urea groups is 1. The summed E-state index contributed by atoms with van der Waals surface area (Å²) in [6.07, 6.45) is 3.60. The Kier molecular flexibility index (Phi) is 6.57. The number of carbonyl (C=O) groups excluding carboxylic acids is 1. The van der Waals surface area contributed by atoms with Crippen molar-refractivity contribution < 1.29 is 14.3 Å². The van der Waals surface area contributed by atoms with Crippen LogP contribution in [0.2, 0.25) is 0 Å². The van der Waals surface area contributed by atoms with E-state index in [-0.39, 0.29) is 18.1 Å². The first kappa shape index (κ1) is 19.8. The molecule has 1 aliphatic heterocycles. The van der Waals surface area contributed by atoms with Crippen molar-refractivity contribution in [1.29, 1.82) is 0 Å². The Balaban J connectivity index is 1.49. The maximum Gasteiger partial charge on any atom is 0.315 e. The van der Waals surface area contributed by atoms with Crippen molar-refractivity contribution in [2.24, 2.45) is 0 Å². The minimum atomic E-state index is -0.154. The van der Waals surface area contributed by atoms with E-state index < -0.39 is 0 Å². The number of hydrogen-bond donors (Lipinski definition) is 2. The zero-order valence-electron chi connectivity index (χ0n) is 16.6. The molecule has 7 heteroatoms. The highest BCUT2D eigenvalue weighted by Crippen LogP contribution is 2.29. The molecule has 2 N–H and O–H groups in total. The molecule has 0 bridgehead atoms. The summed E-state index contributed by atoms with van der Waals surface area (Å²) in [5.74, 6) is 2.31. The van der Waals surface area contributed by atoms with E-state index in [2.05, 4.69) is 20.5 Å². The second-order valence-corrected chi connectivity index (χ2v) is 6.90. The van der Waals surface area contributed by atoms with Gasteiger partial charge in [0.15, 0.2) is 11.5 Å². The van der Waals surface area contributed by atoms with Crippen molar-refractivity contribution in [3.05, 3.63) is 48.2 Å². The van der Waals surface area contributed by atoms with E-state index in [1.807, 2.05) is 49.5 Å². The highest BCUT2D eigenvalue weighted by Gasteiger charge is 2.22. The predicted octanol–water partition coefficient (Wildman–Crippen LogP) is 3.13. The van der Waals surface area contributed by atoms with Crippen LogP contribution in [0.4, 0.5) is 10.6 Å². The lowest BCUT2D eigenvalue weighted by molar-refractivity contribution is 0.231. The Hall–Kier alpha value is -2.96. The van der Waals surface area contributed by atoms with Gasteiger partial charge in [-0.05, 0) is 49.6 Å². The summed E-state index contributed by atoms with van der Waals surface area (Å²) in [5.41, 5.74) is 0.956.